The zero-order valence-corrected chi connectivity index (χ0v) is 16.8. The van der Waals surface area contributed by atoms with Crippen molar-refractivity contribution in [3.8, 4) is 11.5 Å². The van der Waals surface area contributed by atoms with Crippen molar-refractivity contribution in [1.82, 2.24) is 20.2 Å². The molecule has 0 spiro atoms. The first-order valence-corrected chi connectivity index (χ1v) is 9.10. The molecular formula is C20H22N4O3S. The van der Waals surface area contributed by atoms with E-state index in [0.717, 1.165) is 10.9 Å². The maximum atomic E-state index is 12.7. The molecule has 146 valence electrons. The summed E-state index contributed by atoms with van der Waals surface area (Å²) in [5, 5.41) is 4.39. The van der Waals surface area contributed by atoms with E-state index in [2.05, 4.69) is 15.3 Å². The maximum absolute atomic E-state index is 12.7. The smallest absolute Gasteiger partial charge is 0.253 e. The SMILES string of the molecule is CNC(=S)N(Cc1cccnc1)Cc1cc2cc(OC)c(OC)cc2[nH]c1=O. The average molecular weight is 398 g/mol. The van der Waals surface area contributed by atoms with E-state index in [4.69, 9.17) is 21.7 Å². The molecule has 28 heavy (non-hydrogen) atoms. The second-order valence-electron chi connectivity index (χ2n) is 6.19. The Labute approximate surface area is 168 Å². The number of aromatic nitrogens is 2. The zero-order chi connectivity index (χ0) is 20.1. The number of thiocarbonyl (C=S) groups is 1. The fraction of sp³-hybridized carbons (Fsp3) is 0.250. The number of hydrogen-bond acceptors (Lipinski definition) is 5. The fourth-order valence-corrected chi connectivity index (χ4v) is 3.10. The van der Waals surface area contributed by atoms with Crippen molar-refractivity contribution in [2.45, 2.75) is 13.1 Å². The van der Waals surface area contributed by atoms with Crippen LogP contribution in [0.1, 0.15) is 11.1 Å². The van der Waals surface area contributed by atoms with E-state index in [-0.39, 0.29) is 5.56 Å². The Morgan fingerprint density at radius 2 is 1.96 bits per heavy atom. The molecule has 3 aromatic rings. The first-order valence-electron chi connectivity index (χ1n) is 8.69. The van der Waals surface area contributed by atoms with Gasteiger partial charge >= 0.3 is 0 Å². The lowest BCUT2D eigenvalue weighted by Gasteiger charge is -2.24. The molecule has 0 aliphatic carbocycles. The minimum Gasteiger partial charge on any atom is -0.493 e. The third-order valence-electron chi connectivity index (χ3n) is 4.38. The Bertz CT molecular complexity index is 1040. The Morgan fingerprint density at radius 1 is 1.21 bits per heavy atom. The van der Waals surface area contributed by atoms with E-state index in [1.54, 1.807) is 39.7 Å². The summed E-state index contributed by atoms with van der Waals surface area (Å²) in [5.74, 6) is 1.17. The van der Waals surface area contributed by atoms with Crippen molar-refractivity contribution in [2.24, 2.45) is 0 Å². The lowest BCUT2D eigenvalue weighted by molar-refractivity contribution is 0.355. The number of H-pyrrole nitrogens is 1. The lowest BCUT2D eigenvalue weighted by Crippen LogP contribution is -2.38. The highest BCUT2D eigenvalue weighted by atomic mass is 32.1. The molecule has 2 heterocycles. The summed E-state index contributed by atoms with van der Waals surface area (Å²) in [6.45, 7) is 0.894. The Morgan fingerprint density at radius 3 is 2.61 bits per heavy atom. The van der Waals surface area contributed by atoms with Crippen molar-refractivity contribution < 1.29 is 9.47 Å². The predicted octanol–water partition coefficient (Wildman–Crippen LogP) is 2.45. The molecule has 0 fully saturated rings. The highest BCUT2D eigenvalue weighted by molar-refractivity contribution is 7.80. The van der Waals surface area contributed by atoms with Gasteiger partial charge in [0.15, 0.2) is 16.6 Å². The van der Waals surface area contributed by atoms with E-state index >= 15 is 0 Å². The van der Waals surface area contributed by atoms with Crippen molar-refractivity contribution in [3.05, 3.63) is 64.2 Å². The number of ether oxygens (including phenoxy) is 2. The molecule has 1 aromatic carbocycles. The number of hydrogen-bond donors (Lipinski definition) is 2. The monoisotopic (exact) mass is 398 g/mol. The molecule has 0 saturated heterocycles. The van der Waals surface area contributed by atoms with Crippen LogP contribution in [0.25, 0.3) is 10.9 Å². The second-order valence-corrected chi connectivity index (χ2v) is 6.58. The van der Waals surface area contributed by atoms with Crippen molar-refractivity contribution in [3.63, 3.8) is 0 Å². The molecule has 7 nitrogen and oxygen atoms in total. The molecule has 3 rings (SSSR count). The predicted molar refractivity (Wildman–Crippen MR) is 113 cm³/mol. The number of benzene rings is 1. The van der Waals surface area contributed by atoms with E-state index in [1.165, 1.54) is 0 Å². The molecule has 0 radical (unpaired) electrons. The van der Waals surface area contributed by atoms with E-state index in [1.807, 2.05) is 29.2 Å². The lowest BCUT2D eigenvalue weighted by atomic mass is 10.1. The number of fused-ring (bicyclic) bond motifs is 1. The fourth-order valence-electron chi connectivity index (χ4n) is 2.97. The Hall–Kier alpha value is -3.13. The molecule has 0 aliphatic heterocycles. The quantitative estimate of drug-likeness (QED) is 0.618. The maximum Gasteiger partial charge on any atom is 0.253 e. The van der Waals surface area contributed by atoms with Crippen LogP contribution in [0.4, 0.5) is 0 Å². The highest BCUT2D eigenvalue weighted by Gasteiger charge is 2.14. The summed E-state index contributed by atoms with van der Waals surface area (Å²) in [5.41, 5.74) is 2.11. The first kappa shape index (κ1) is 19.6. The van der Waals surface area contributed by atoms with Gasteiger partial charge in [0, 0.05) is 43.0 Å². The molecule has 0 bridgehead atoms. The number of pyridine rings is 2. The molecule has 0 atom stereocenters. The standard InChI is InChI=1S/C20H22N4O3S/c1-21-20(28)24(11-13-5-4-6-22-10-13)12-15-7-14-8-17(26-2)18(27-3)9-16(14)23-19(15)25/h4-10H,11-12H2,1-3H3,(H,21,28)(H,23,25). The molecule has 0 aliphatic rings. The number of methoxy groups -OCH3 is 2. The van der Waals surface area contributed by atoms with Crippen LogP contribution in [0.5, 0.6) is 11.5 Å². The van der Waals surface area contributed by atoms with Gasteiger partial charge in [-0.1, -0.05) is 6.07 Å². The number of rotatable bonds is 6. The molecule has 8 heteroatoms. The van der Waals surface area contributed by atoms with Gasteiger partial charge in [-0.15, -0.1) is 0 Å². The first-order chi connectivity index (χ1) is 13.5. The van der Waals surface area contributed by atoms with Crippen LogP contribution in [0.3, 0.4) is 0 Å². The topological polar surface area (TPSA) is 79.5 Å². The second kappa shape index (κ2) is 8.71. The highest BCUT2D eigenvalue weighted by Crippen LogP contribution is 2.31. The van der Waals surface area contributed by atoms with Gasteiger partial charge in [-0.3, -0.25) is 9.78 Å². The van der Waals surface area contributed by atoms with Gasteiger partial charge in [-0.25, -0.2) is 0 Å². The van der Waals surface area contributed by atoms with Crippen molar-refractivity contribution >= 4 is 28.2 Å². The van der Waals surface area contributed by atoms with Crippen LogP contribution in [-0.2, 0) is 13.1 Å². The summed E-state index contributed by atoms with van der Waals surface area (Å²) in [6.07, 6.45) is 3.51. The number of aromatic amines is 1. The number of nitrogens with zero attached hydrogens (tertiary/aromatic N) is 2. The summed E-state index contributed by atoms with van der Waals surface area (Å²) in [4.78, 5) is 21.6. The minimum atomic E-state index is -0.171. The normalized spacial score (nSPS) is 10.5. The molecule has 0 unspecified atom stereocenters. The van der Waals surface area contributed by atoms with Crippen LogP contribution in [0.15, 0.2) is 47.5 Å². The molecule has 0 saturated carbocycles. The summed E-state index contributed by atoms with van der Waals surface area (Å²) in [7, 11) is 4.91. The summed E-state index contributed by atoms with van der Waals surface area (Å²) >= 11 is 5.43. The van der Waals surface area contributed by atoms with Gasteiger partial charge in [-0.2, -0.15) is 0 Å². The minimum absolute atomic E-state index is 0.171. The Kier molecular flexibility index (Phi) is 6.10. The van der Waals surface area contributed by atoms with Gasteiger partial charge in [-0.05, 0) is 36.0 Å². The van der Waals surface area contributed by atoms with Gasteiger partial charge in [0.2, 0.25) is 0 Å². The number of nitrogens with one attached hydrogen (secondary N) is 2. The van der Waals surface area contributed by atoms with Crippen LogP contribution in [0.2, 0.25) is 0 Å². The van der Waals surface area contributed by atoms with Gasteiger partial charge in [0.05, 0.1) is 26.3 Å². The molecular weight excluding hydrogens is 376 g/mol. The van der Waals surface area contributed by atoms with Gasteiger partial charge in [0.1, 0.15) is 0 Å². The Balaban J connectivity index is 1.97. The van der Waals surface area contributed by atoms with Gasteiger partial charge < -0.3 is 24.7 Å². The molecule has 2 aromatic heterocycles. The molecule has 2 N–H and O–H groups in total. The van der Waals surface area contributed by atoms with E-state index in [9.17, 15) is 4.79 Å². The van der Waals surface area contributed by atoms with Crippen molar-refractivity contribution in [2.75, 3.05) is 21.3 Å². The van der Waals surface area contributed by atoms with Crippen LogP contribution in [0, 0.1) is 0 Å². The van der Waals surface area contributed by atoms with Crippen LogP contribution >= 0.6 is 12.2 Å². The summed E-state index contributed by atoms with van der Waals surface area (Å²) < 4.78 is 10.7. The van der Waals surface area contributed by atoms with Gasteiger partial charge in [0.25, 0.3) is 5.56 Å². The van der Waals surface area contributed by atoms with Crippen molar-refractivity contribution in [1.29, 1.82) is 0 Å². The third-order valence-corrected chi connectivity index (χ3v) is 4.85. The zero-order valence-electron chi connectivity index (χ0n) is 16.0. The summed E-state index contributed by atoms with van der Waals surface area (Å²) in [6, 6.07) is 9.30. The largest absolute Gasteiger partial charge is 0.493 e. The van der Waals surface area contributed by atoms with Crippen LogP contribution < -0.4 is 20.3 Å². The van der Waals surface area contributed by atoms with E-state index in [0.29, 0.717) is 40.8 Å². The molecule has 0 amide bonds. The van der Waals surface area contributed by atoms with E-state index < -0.39 is 0 Å². The third kappa shape index (κ3) is 4.23. The van der Waals surface area contributed by atoms with Crippen LogP contribution in [-0.4, -0.2) is 41.2 Å². The average Bonchev–Trinajstić information content (AvgIpc) is 2.72.